The van der Waals surface area contributed by atoms with Crippen LogP contribution < -0.4 is 5.32 Å². The van der Waals surface area contributed by atoms with Crippen LogP contribution in [0.2, 0.25) is 0 Å². The van der Waals surface area contributed by atoms with Crippen LogP contribution >= 0.6 is 11.8 Å². The lowest BCUT2D eigenvalue weighted by Crippen LogP contribution is -2.28. The van der Waals surface area contributed by atoms with Gasteiger partial charge in [0.25, 0.3) is 5.91 Å². The molecule has 5 nitrogen and oxygen atoms in total. The van der Waals surface area contributed by atoms with Crippen LogP contribution in [0, 0.1) is 5.92 Å². The average molecular weight is 319 g/mol. The summed E-state index contributed by atoms with van der Waals surface area (Å²) in [6.07, 6.45) is 6.28. The van der Waals surface area contributed by atoms with E-state index in [4.69, 9.17) is 5.11 Å². The van der Waals surface area contributed by atoms with Crippen molar-refractivity contribution in [2.75, 3.05) is 19.4 Å². The second-order valence-electron chi connectivity index (χ2n) is 5.16. The lowest BCUT2D eigenvalue weighted by atomic mass is 10.1. The highest BCUT2D eigenvalue weighted by atomic mass is 32.2. The maximum Gasteiger partial charge on any atom is 0.251 e. The van der Waals surface area contributed by atoms with Crippen LogP contribution in [-0.4, -0.2) is 40.0 Å². The Balaban J connectivity index is 2.10. The van der Waals surface area contributed by atoms with Crippen LogP contribution in [0.1, 0.15) is 23.7 Å². The first-order valence-electron chi connectivity index (χ1n) is 7.22. The molecule has 0 spiro atoms. The quantitative estimate of drug-likeness (QED) is 0.769. The van der Waals surface area contributed by atoms with E-state index in [2.05, 4.69) is 10.3 Å². The van der Waals surface area contributed by atoms with Gasteiger partial charge in [-0.05, 0) is 36.8 Å². The topological polar surface area (TPSA) is 67.2 Å². The molecule has 22 heavy (non-hydrogen) atoms. The van der Waals surface area contributed by atoms with Gasteiger partial charge in [-0.1, -0.05) is 24.8 Å². The Morgan fingerprint density at radius 1 is 1.50 bits per heavy atom. The van der Waals surface area contributed by atoms with Gasteiger partial charge in [-0.15, -0.1) is 0 Å². The largest absolute Gasteiger partial charge is 0.396 e. The van der Waals surface area contributed by atoms with Crippen molar-refractivity contribution in [2.24, 2.45) is 5.92 Å². The lowest BCUT2D eigenvalue weighted by Gasteiger charge is -2.12. The zero-order valence-corrected chi connectivity index (χ0v) is 13.6. The molecule has 2 rings (SSSR count). The molecule has 1 amide bonds. The molecule has 1 aromatic carbocycles. The van der Waals surface area contributed by atoms with E-state index < -0.39 is 0 Å². The maximum absolute atomic E-state index is 12.2. The number of benzene rings is 1. The second-order valence-corrected chi connectivity index (χ2v) is 5.94. The van der Waals surface area contributed by atoms with Crippen molar-refractivity contribution in [1.29, 1.82) is 0 Å². The molecular formula is C16H21N3O2S. The number of nitrogens with one attached hydrogen (secondary N) is 1. The Morgan fingerprint density at radius 2 is 2.32 bits per heavy atom. The van der Waals surface area contributed by atoms with Gasteiger partial charge in [-0.2, -0.15) is 0 Å². The fourth-order valence-corrected chi connectivity index (χ4v) is 2.65. The summed E-state index contributed by atoms with van der Waals surface area (Å²) >= 11 is 1.56. The summed E-state index contributed by atoms with van der Waals surface area (Å²) in [7, 11) is 0. The number of rotatable bonds is 7. The number of carbonyl (C=O) groups excluding carboxylic acids is 1. The molecule has 0 aliphatic carbocycles. The smallest absolute Gasteiger partial charge is 0.251 e. The molecule has 0 saturated carbocycles. The van der Waals surface area contributed by atoms with E-state index in [1.54, 1.807) is 24.0 Å². The molecule has 118 valence electrons. The highest BCUT2D eigenvalue weighted by Crippen LogP contribution is 2.18. The van der Waals surface area contributed by atoms with Crippen LogP contribution in [0.5, 0.6) is 0 Å². The molecule has 0 fully saturated rings. The van der Waals surface area contributed by atoms with E-state index >= 15 is 0 Å². The number of nitrogens with zero attached hydrogens (tertiary/aromatic N) is 2. The Morgan fingerprint density at radius 3 is 3.05 bits per heavy atom. The summed E-state index contributed by atoms with van der Waals surface area (Å²) in [4.78, 5) is 16.5. The second kappa shape index (κ2) is 8.00. The number of hydrogen-bond donors (Lipinski definition) is 2. The Labute approximate surface area is 134 Å². The molecule has 0 aliphatic rings. The van der Waals surface area contributed by atoms with Crippen molar-refractivity contribution in [3.63, 3.8) is 0 Å². The van der Waals surface area contributed by atoms with E-state index in [0.29, 0.717) is 18.5 Å². The molecular weight excluding hydrogens is 298 g/mol. The van der Waals surface area contributed by atoms with Crippen molar-refractivity contribution < 1.29 is 9.90 Å². The van der Waals surface area contributed by atoms with Crippen LogP contribution in [0.3, 0.4) is 0 Å². The van der Waals surface area contributed by atoms with Gasteiger partial charge in [0.2, 0.25) is 0 Å². The summed E-state index contributed by atoms with van der Waals surface area (Å²) < 4.78 is 1.95. The van der Waals surface area contributed by atoms with Crippen LogP contribution in [0.15, 0.2) is 41.8 Å². The summed E-state index contributed by atoms with van der Waals surface area (Å²) in [5.41, 5.74) is 1.53. The predicted octanol–water partition coefficient (Wildman–Crippen LogP) is 2.34. The Kier molecular flexibility index (Phi) is 6.03. The van der Waals surface area contributed by atoms with Crippen molar-refractivity contribution in [2.45, 2.75) is 18.5 Å². The molecule has 2 N–H and O–H groups in total. The summed E-state index contributed by atoms with van der Waals surface area (Å²) in [5, 5.41) is 12.7. The molecule has 0 saturated heterocycles. The van der Waals surface area contributed by atoms with Crippen LogP contribution in [0.4, 0.5) is 0 Å². The first-order chi connectivity index (χ1) is 10.7. The maximum atomic E-state index is 12.2. The van der Waals surface area contributed by atoms with Gasteiger partial charge in [0.05, 0.1) is 0 Å². The minimum Gasteiger partial charge on any atom is -0.396 e. The third kappa shape index (κ3) is 4.11. The average Bonchev–Trinajstić information content (AvgIpc) is 3.01. The number of aromatic nitrogens is 2. The van der Waals surface area contributed by atoms with Gasteiger partial charge >= 0.3 is 0 Å². The molecule has 0 aliphatic heterocycles. The first-order valence-corrected chi connectivity index (χ1v) is 8.45. The highest BCUT2D eigenvalue weighted by molar-refractivity contribution is 7.98. The van der Waals surface area contributed by atoms with E-state index in [-0.39, 0.29) is 18.4 Å². The third-order valence-electron chi connectivity index (χ3n) is 3.41. The van der Waals surface area contributed by atoms with Crippen molar-refractivity contribution in [3.05, 3.63) is 42.2 Å². The third-order valence-corrected chi connectivity index (χ3v) is 4.08. The summed E-state index contributed by atoms with van der Waals surface area (Å²) in [6, 6.07) is 7.47. The molecule has 1 heterocycles. The lowest BCUT2D eigenvalue weighted by molar-refractivity contribution is 0.0945. The normalized spacial score (nSPS) is 12.1. The van der Waals surface area contributed by atoms with E-state index in [0.717, 1.165) is 10.8 Å². The van der Waals surface area contributed by atoms with E-state index in [9.17, 15) is 4.79 Å². The highest BCUT2D eigenvalue weighted by Gasteiger charge is 2.10. The molecule has 0 radical (unpaired) electrons. The van der Waals surface area contributed by atoms with Gasteiger partial charge in [-0.25, -0.2) is 4.98 Å². The summed E-state index contributed by atoms with van der Waals surface area (Å²) in [5.74, 6) is 0.159. The van der Waals surface area contributed by atoms with Gasteiger partial charge in [0.15, 0.2) is 5.16 Å². The number of imidazole rings is 1. The van der Waals surface area contributed by atoms with Crippen LogP contribution in [-0.2, 0) is 0 Å². The Hall–Kier alpha value is -1.79. The van der Waals surface area contributed by atoms with Gasteiger partial charge in [0.1, 0.15) is 0 Å². The minimum absolute atomic E-state index is 0.0996. The monoisotopic (exact) mass is 319 g/mol. The number of thioether (sulfide) groups is 1. The van der Waals surface area contributed by atoms with Gasteiger partial charge in [-0.3, -0.25) is 9.36 Å². The van der Waals surface area contributed by atoms with Crippen LogP contribution in [0.25, 0.3) is 5.69 Å². The molecule has 0 bridgehead atoms. The van der Waals surface area contributed by atoms with Crippen molar-refractivity contribution in [1.82, 2.24) is 14.9 Å². The standard InChI is InChI=1S/C16H21N3O2S/c1-12(6-9-20)11-18-15(21)13-4-3-5-14(10-13)19-8-7-17-16(19)22-2/h3-5,7-8,10,12,20H,6,9,11H2,1-2H3,(H,18,21). The van der Waals surface area contributed by atoms with Gasteiger partial charge < -0.3 is 10.4 Å². The summed E-state index contributed by atoms with van der Waals surface area (Å²) in [6.45, 7) is 2.71. The fourth-order valence-electron chi connectivity index (χ4n) is 2.13. The minimum atomic E-state index is -0.0996. The van der Waals surface area contributed by atoms with Gasteiger partial charge in [0, 0.05) is 36.8 Å². The van der Waals surface area contributed by atoms with E-state index in [1.807, 2.05) is 42.1 Å². The number of carbonyl (C=O) groups is 1. The zero-order chi connectivity index (χ0) is 15.9. The fraction of sp³-hybridized carbons (Fsp3) is 0.375. The predicted molar refractivity (Wildman–Crippen MR) is 88.5 cm³/mol. The molecule has 6 heteroatoms. The first kappa shape index (κ1) is 16.6. The molecule has 2 aromatic rings. The Bertz CT molecular complexity index is 627. The van der Waals surface area contributed by atoms with E-state index in [1.165, 1.54) is 0 Å². The van der Waals surface area contributed by atoms with Crippen molar-refractivity contribution >= 4 is 17.7 Å². The zero-order valence-electron chi connectivity index (χ0n) is 12.8. The SMILES string of the molecule is CSc1nccn1-c1cccc(C(=O)NCC(C)CCO)c1. The number of aliphatic hydroxyl groups is 1. The number of hydrogen-bond acceptors (Lipinski definition) is 4. The number of aliphatic hydroxyl groups excluding tert-OH is 1. The van der Waals surface area contributed by atoms with Crippen molar-refractivity contribution in [3.8, 4) is 5.69 Å². The molecule has 1 unspecified atom stereocenters. The molecule has 1 atom stereocenters. The molecule has 1 aromatic heterocycles. The number of amides is 1.